The van der Waals surface area contributed by atoms with E-state index in [4.69, 9.17) is 0 Å². The summed E-state index contributed by atoms with van der Waals surface area (Å²) in [6.45, 7) is 17.3. The summed E-state index contributed by atoms with van der Waals surface area (Å²) in [5.41, 5.74) is 0. The van der Waals surface area contributed by atoms with Crippen LogP contribution >= 0.6 is 0 Å². The van der Waals surface area contributed by atoms with Gasteiger partial charge in [0.25, 0.3) is 0 Å². The number of nitrogens with zero attached hydrogens (tertiary/aromatic N) is 1. The Bertz CT molecular complexity index is 170. The van der Waals surface area contributed by atoms with Crippen molar-refractivity contribution >= 4 is 0 Å². The molecule has 2 heteroatoms. The second kappa shape index (κ2) is 9.90. The lowest BCUT2D eigenvalue weighted by atomic mass is 9.97. The molecule has 0 saturated heterocycles. The van der Waals surface area contributed by atoms with Crippen LogP contribution in [0.15, 0.2) is 0 Å². The molecule has 0 aliphatic heterocycles. The number of hydrogen-bond donors (Lipinski definition) is 1. The SMILES string of the molecule is CCCNC(CN(CC)C(C)CC)C(C)CC. The van der Waals surface area contributed by atoms with E-state index in [2.05, 4.69) is 51.8 Å². The highest BCUT2D eigenvalue weighted by atomic mass is 15.2. The minimum atomic E-state index is 0.647. The molecule has 104 valence electrons. The third-order valence-electron chi connectivity index (χ3n) is 4.04. The average Bonchev–Trinajstić information content (AvgIpc) is 2.37. The summed E-state index contributed by atoms with van der Waals surface area (Å²) in [5.74, 6) is 0.764. The van der Waals surface area contributed by atoms with Crippen LogP contribution in [0.4, 0.5) is 0 Å². The molecule has 0 heterocycles. The zero-order chi connectivity index (χ0) is 13.3. The summed E-state index contributed by atoms with van der Waals surface area (Å²) >= 11 is 0. The molecule has 0 aliphatic rings. The zero-order valence-corrected chi connectivity index (χ0v) is 12.9. The number of rotatable bonds is 10. The summed E-state index contributed by atoms with van der Waals surface area (Å²) in [6.07, 6.45) is 3.73. The van der Waals surface area contributed by atoms with Gasteiger partial charge in [0.15, 0.2) is 0 Å². The predicted octanol–water partition coefficient (Wildman–Crippen LogP) is 3.52. The molecular weight excluding hydrogens is 208 g/mol. The van der Waals surface area contributed by atoms with Crippen LogP contribution in [-0.2, 0) is 0 Å². The minimum absolute atomic E-state index is 0.647. The van der Waals surface area contributed by atoms with Crippen LogP contribution in [0.1, 0.15) is 60.8 Å². The molecular formula is C15H34N2. The van der Waals surface area contributed by atoms with Gasteiger partial charge in [-0.05, 0) is 38.8 Å². The maximum Gasteiger partial charge on any atom is 0.0220 e. The molecule has 1 N–H and O–H groups in total. The number of nitrogens with one attached hydrogen (secondary N) is 1. The summed E-state index contributed by atoms with van der Waals surface area (Å²) in [5, 5.41) is 3.72. The normalized spacial score (nSPS) is 17.1. The van der Waals surface area contributed by atoms with Gasteiger partial charge in [-0.25, -0.2) is 0 Å². The lowest BCUT2D eigenvalue weighted by molar-refractivity contribution is 0.170. The van der Waals surface area contributed by atoms with Crippen molar-refractivity contribution in [1.29, 1.82) is 0 Å². The molecule has 2 nitrogen and oxygen atoms in total. The van der Waals surface area contributed by atoms with Crippen molar-refractivity contribution in [2.24, 2.45) is 5.92 Å². The molecule has 17 heavy (non-hydrogen) atoms. The van der Waals surface area contributed by atoms with Gasteiger partial charge in [0.2, 0.25) is 0 Å². The molecule has 0 amide bonds. The van der Waals surface area contributed by atoms with E-state index in [-0.39, 0.29) is 0 Å². The van der Waals surface area contributed by atoms with Crippen molar-refractivity contribution in [2.45, 2.75) is 72.9 Å². The van der Waals surface area contributed by atoms with Crippen molar-refractivity contribution < 1.29 is 0 Å². The van der Waals surface area contributed by atoms with Gasteiger partial charge in [-0.15, -0.1) is 0 Å². The molecule has 0 aromatic carbocycles. The minimum Gasteiger partial charge on any atom is -0.312 e. The second-order valence-corrected chi connectivity index (χ2v) is 5.29. The van der Waals surface area contributed by atoms with E-state index in [1.165, 1.54) is 25.8 Å². The van der Waals surface area contributed by atoms with Crippen molar-refractivity contribution in [3.05, 3.63) is 0 Å². The van der Waals surface area contributed by atoms with Crippen molar-refractivity contribution in [1.82, 2.24) is 10.2 Å². The molecule has 0 saturated carbocycles. The van der Waals surface area contributed by atoms with Gasteiger partial charge < -0.3 is 5.32 Å². The van der Waals surface area contributed by atoms with Gasteiger partial charge in [0.05, 0.1) is 0 Å². The highest BCUT2D eigenvalue weighted by Gasteiger charge is 2.20. The first-order chi connectivity index (χ1) is 8.10. The van der Waals surface area contributed by atoms with Crippen LogP contribution < -0.4 is 5.32 Å². The van der Waals surface area contributed by atoms with Crippen LogP contribution in [0.3, 0.4) is 0 Å². The van der Waals surface area contributed by atoms with Gasteiger partial charge in [-0.3, -0.25) is 4.90 Å². The molecule has 3 atom stereocenters. The van der Waals surface area contributed by atoms with E-state index in [1.54, 1.807) is 0 Å². The highest BCUT2D eigenvalue weighted by molar-refractivity contribution is 4.78. The van der Waals surface area contributed by atoms with E-state index in [0.717, 1.165) is 19.0 Å². The fourth-order valence-electron chi connectivity index (χ4n) is 2.19. The summed E-state index contributed by atoms with van der Waals surface area (Å²) in [4.78, 5) is 2.61. The van der Waals surface area contributed by atoms with Crippen molar-refractivity contribution in [3.8, 4) is 0 Å². The van der Waals surface area contributed by atoms with Gasteiger partial charge in [-0.1, -0.05) is 41.0 Å². The first-order valence-electron chi connectivity index (χ1n) is 7.57. The lowest BCUT2D eigenvalue weighted by Gasteiger charge is -2.34. The van der Waals surface area contributed by atoms with Crippen LogP contribution in [-0.4, -0.2) is 36.6 Å². The van der Waals surface area contributed by atoms with E-state index in [0.29, 0.717) is 12.1 Å². The van der Waals surface area contributed by atoms with Crippen LogP contribution in [0.25, 0.3) is 0 Å². The smallest absolute Gasteiger partial charge is 0.0220 e. The first-order valence-corrected chi connectivity index (χ1v) is 7.57. The largest absolute Gasteiger partial charge is 0.312 e. The van der Waals surface area contributed by atoms with E-state index in [9.17, 15) is 0 Å². The fraction of sp³-hybridized carbons (Fsp3) is 1.00. The second-order valence-electron chi connectivity index (χ2n) is 5.29. The molecule has 0 aromatic rings. The third-order valence-corrected chi connectivity index (χ3v) is 4.04. The third kappa shape index (κ3) is 6.42. The van der Waals surface area contributed by atoms with E-state index in [1.807, 2.05) is 0 Å². The topological polar surface area (TPSA) is 15.3 Å². The van der Waals surface area contributed by atoms with Crippen LogP contribution in [0.2, 0.25) is 0 Å². The molecule has 3 unspecified atom stereocenters. The number of hydrogen-bond acceptors (Lipinski definition) is 2. The molecule has 0 aromatic heterocycles. The van der Waals surface area contributed by atoms with Crippen molar-refractivity contribution in [2.75, 3.05) is 19.6 Å². The summed E-state index contributed by atoms with van der Waals surface area (Å²) in [7, 11) is 0. The number of likely N-dealkylation sites (N-methyl/N-ethyl adjacent to an activating group) is 1. The predicted molar refractivity (Wildman–Crippen MR) is 78.5 cm³/mol. The van der Waals surface area contributed by atoms with Gasteiger partial charge in [-0.2, -0.15) is 0 Å². The fourth-order valence-corrected chi connectivity index (χ4v) is 2.19. The molecule has 0 bridgehead atoms. The quantitative estimate of drug-likeness (QED) is 0.630. The summed E-state index contributed by atoms with van der Waals surface area (Å²) < 4.78 is 0. The van der Waals surface area contributed by atoms with Crippen LogP contribution in [0, 0.1) is 5.92 Å². The zero-order valence-electron chi connectivity index (χ0n) is 12.9. The van der Waals surface area contributed by atoms with Gasteiger partial charge in [0.1, 0.15) is 0 Å². The molecule has 0 fully saturated rings. The molecule has 0 rings (SSSR count). The first kappa shape index (κ1) is 16.9. The average molecular weight is 242 g/mol. The Morgan fingerprint density at radius 1 is 1.00 bits per heavy atom. The lowest BCUT2D eigenvalue weighted by Crippen LogP contribution is -2.47. The Hall–Kier alpha value is -0.0800. The molecule has 0 radical (unpaired) electrons. The van der Waals surface area contributed by atoms with E-state index < -0.39 is 0 Å². The van der Waals surface area contributed by atoms with Gasteiger partial charge in [0, 0.05) is 18.6 Å². The standard InChI is InChI=1S/C15H34N2/c1-7-11-16-15(13(5)8-2)12-17(10-4)14(6)9-3/h13-16H,7-12H2,1-6H3. The molecule has 0 aliphatic carbocycles. The Balaban J connectivity index is 4.36. The van der Waals surface area contributed by atoms with Crippen LogP contribution in [0.5, 0.6) is 0 Å². The Kier molecular flexibility index (Phi) is 9.85. The Labute approximate surface area is 109 Å². The van der Waals surface area contributed by atoms with Crippen molar-refractivity contribution in [3.63, 3.8) is 0 Å². The maximum absolute atomic E-state index is 3.72. The maximum atomic E-state index is 3.72. The van der Waals surface area contributed by atoms with E-state index >= 15 is 0 Å². The highest BCUT2D eigenvalue weighted by Crippen LogP contribution is 2.12. The Morgan fingerprint density at radius 3 is 2.06 bits per heavy atom. The van der Waals surface area contributed by atoms with Gasteiger partial charge >= 0.3 is 0 Å². The molecule has 0 spiro atoms. The Morgan fingerprint density at radius 2 is 1.65 bits per heavy atom. The monoisotopic (exact) mass is 242 g/mol. The summed E-state index contributed by atoms with van der Waals surface area (Å²) in [6, 6.07) is 1.35.